The van der Waals surface area contributed by atoms with Crippen molar-refractivity contribution in [2.24, 2.45) is 5.41 Å². The number of hydrogen-bond acceptors (Lipinski definition) is 4. The number of carbonyl (C=O) groups excluding carboxylic acids is 1. The molecule has 0 rings (SSSR count). The third-order valence-corrected chi connectivity index (χ3v) is 3.66. The van der Waals surface area contributed by atoms with E-state index in [1.165, 1.54) is 6.92 Å². The Balaban J connectivity index is 5.84. The fraction of sp³-hybridized carbons (Fsp3) is 0.917. The molecule has 0 aliphatic heterocycles. The van der Waals surface area contributed by atoms with Crippen molar-refractivity contribution in [3.8, 4) is 0 Å². The molecule has 0 radical (unpaired) electrons. The SMILES string of the molecule is CCC(C)(CO)C(=O)OC(C)(C)C(O)(C(F)(F)F)C(F)(F)F. The summed E-state index contributed by atoms with van der Waals surface area (Å²) in [5.41, 5.74) is -10.3. The molecule has 0 aliphatic rings. The Labute approximate surface area is 123 Å². The number of rotatable bonds is 5. The fourth-order valence-electron chi connectivity index (χ4n) is 1.59. The number of hydrogen-bond donors (Lipinski definition) is 2. The van der Waals surface area contributed by atoms with Crippen LogP contribution in [0.5, 0.6) is 0 Å². The Morgan fingerprint density at radius 2 is 1.36 bits per heavy atom. The Morgan fingerprint density at radius 1 is 1.00 bits per heavy atom. The van der Waals surface area contributed by atoms with Gasteiger partial charge in [0.25, 0.3) is 5.60 Å². The van der Waals surface area contributed by atoms with Gasteiger partial charge in [0.1, 0.15) is 0 Å². The molecule has 2 N–H and O–H groups in total. The van der Waals surface area contributed by atoms with Crippen LogP contribution in [0.25, 0.3) is 0 Å². The maximum Gasteiger partial charge on any atom is 0.430 e. The molecule has 0 spiro atoms. The highest BCUT2D eigenvalue weighted by Gasteiger charge is 2.78. The first kappa shape index (κ1) is 21.0. The largest absolute Gasteiger partial charge is 0.455 e. The summed E-state index contributed by atoms with van der Waals surface area (Å²) in [5.74, 6) is -1.48. The fourth-order valence-corrected chi connectivity index (χ4v) is 1.59. The zero-order valence-electron chi connectivity index (χ0n) is 12.4. The van der Waals surface area contributed by atoms with Crippen LogP contribution in [0.4, 0.5) is 26.3 Å². The molecule has 0 heterocycles. The van der Waals surface area contributed by atoms with Gasteiger partial charge in [0.15, 0.2) is 5.60 Å². The van der Waals surface area contributed by atoms with Crippen LogP contribution in [-0.2, 0) is 9.53 Å². The van der Waals surface area contributed by atoms with Crippen molar-refractivity contribution in [1.29, 1.82) is 0 Å². The van der Waals surface area contributed by atoms with Crippen LogP contribution in [0, 0.1) is 5.41 Å². The van der Waals surface area contributed by atoms with E-state index in [9.17, 15) is 36.2 Å². The maximum absolute atomic E-state index is 12.8. The van der Waals surface area contributed by atoms with Gasteiger partial charge in [0, 0.05) is 0 Å². The van der Waals surface area contributed by atoms with Gasteiger partial charge in [-0.25, -0.2) is 0 Å². The van der Waals surface area contributed by atoms with E-state index in [0.717, 1.165) is 6.92 Å². The second kappa shape index (κ2) is 5.88. The minimum Gasteiger partial charge on any atom is -0.455 e. The molecule has 0 saturated carbocycles. The minimum absolute atomic E-state index is 0.0884. The highest BCUT2D eigenvalue weighted by Crippen LogP contribution is 2.51. The normalized spacial score (nSPS) is 17.1. The molecule has 0 aromatic carbocycles. The number of carbonyl (C=O) groups is 1. The predicted octanol–water partition coefficient (Wildman–Crippen LogP) is 2.57. The third-order valence-electron chi connectivity index (χ3n) is 3.66. The van der Waals surface area contributed by atoms with Crippen molar-refractivity contribution in [2.75, 3.05) is 6.61 Å². The molecular formula is C12H18F6O4. The van der Waals surface area contributed by atoms with Gasteiger partial charge in [0.2, 0.25) is 0 Å². The highest BCUT2D eigenvalue weighted by molar-refractivity contribution is 5.77. The molecule has 10 heteroatoms. The van der Waals surface area contributed by atoms with Gasteiger partial charge in [-0.3, -0.25) is 4.79 Å². The van der Waals surface area contributed by atoms with Crippen LogP contribution >= 0.6 is 0 Å². The van der Waals surface area contributed by atoms with Crippen molar-refractivity contribution < 1.29 is 46.1 Å². The van der Waals surface area contributed by atoms with Gasteiger partial charge in [-0.15, -0.1) is 0 Å². The molecule has 1 unspecified atom stereocenters. The first-order valence-electron chi connectivity index (χ1n) is 6.20. The topological polar surface area (TPSA) is 66.8 Å². The number of aliphatic hydroxyl groups is 2. The second-order valence-electron chi connectivity index (χ2n) is 5.68. The van der Waals surface area contributed by atoms with Gasteiger partial charge in [-0.1, -0.05) is 6.92 Å². The van der Waals surface area contributed by atoms with E-state index in [0.29, 0.717) is 13.8 Å². The van der Waals surface area contributed by atoms with E-state index in [2.05, 4.69) is 4.74 Å². The van der Waals surface area contributed by atoms with Crippen LogP contribution in [0.15, 0.2) is 0 Å². The van der Waals surface area contributed by atoms with Gasteiger partial charge in [-0.2, -0.15) is 26.3 Å². The lowest BCUT2D eigenvalue weighted by Crippen LogP contribution is -2.70. The average molecular weight is 340 g/mol. The van der Waals surface area contributed by atoms with E-state index >= 15 is 0 Å². The molecule has 0 bridgehead atoms. The zero-order chi connectivity index (χ0) is 18.2. The number of ether oxygens (including phenoxy) is 1. The van der Waals surface area contributed by atoms with Gasteiger partial charge >= 0.3 is 18.3 Å². The van der Waals surface area contributed by atoms with E-state index in [1.807, 2.05) is 0 Å². The Bertz CT molecular complexity index is 395. The summed E-state index contributed by atoms with van der Waals surface area (Å²) in [6.07, 6.45) is -12.3. The quantitative estimate of drug-likeness (QED) is 0.596. The van der Waals surface area contributed by atoms with E-state index < -0.39 is 41.5 Å². The lowest BCUT2D eigenvalue weighted by atomic mass is 9.82. The summed E-state index contributed by atoms with van der Waals surface area (Å²) < 4.78 is 81.1. The van der Waals surface area contributed by atoms with Crippen molar-refractivity contribution in [1.82, 2.24) is 0 Å². The Kier molecular flexibility index (Phi) is 5.60. The zero-order valence-corrected chi connectivity index (χ0v) is 12.4. The van der Waals surface area contributed by atoms with Gasteiger partial charge in [-0.05, 0) is 27.2 Å². The monoisotopic (exact) mass is 340 g/mol. The molecule has 0 aromatic rings. The summed E-state index contributed by atoms with van der Waals surface area (Å²) in [6.45, 7) is 2.28. The van der Waals surface area contributed by atoms with Gasteiger partial charge < -0.3 is 14.9 Å². The second-order valence-corrected chi connectivity index (χ2v) is 5.68. The van der Waals surface area contributed by atoms with Crippen LogP contribution < -0.4 is 0 Å². The molecule has 1 atom stereocenters. The van der Waals surface area contributed by atoms with E-state index in [1.54, 1.807) is 0 Å². The molecule has 0 saturated heterocycles. The number of halogens is 6. The smallest absolute Gasteiger partial charge is 0.430 e. The molecule has 0 aromatic heterocycles. The summed E-state index contributed by atoms with van der Waals surface area (Å²) in [4.78, 5) is 11.8. The van der Waals surface area contributed by atoms with Crippen molar-refractivity contribution in [2.45, 2.75) is 57.7 Å². The van der Waals surface area contributed by atoms with E-state index in [-0.39, 0.29) is 6.42 Å². The van der Waals surface area contributed by atoms with Crippen LogP contribution in [0.1, 0.15) is 34.1 Å². The molecular weight excluding hydrogens is 322 g/mol. The molecule has 0 aliphatic carbocycles. The van der Waals surface area contributed by atoms with Crippen molar-refractivity contribution in [3.63, 3.8) is 0 Å². The Hall–Kier alpha value is -1.03. The first-order valence-corrected chi connectivity index (χ1v) is 6.20. The summed E-state index contributed by atoms with van der Waals surface area (Å²) in [7, 11) is 0. The molecule has 132 valence electrons. The molecule has 22 heavy (non-hydrogen) atoms. The lowest BCUT2D eigenvalue weighted by Gasteiger charge is -2.44. The molecule has 4 nitrogen and oxygen atoms in total. The van der Waals surface area contributed by atoms with Crippen LogP contribution in [0.3, 0.4) is 0 Å². The summed E-state index contributed by atoms with van der Waals surface area (Å²) >= 11 is 0. The van der Waals surface area contributed by atoms with Crippen molar-refractivity contribution >= 4 is 5.97 Å². The predicted molar refractivity (Wildman–Crippen MR) is 62.7 cm³/mol. The van der Waals surface area contributed by atoms with E-state index in [4.69, 9.17) is 5.11 Å². The number of alkyl halides is 6. The third kappa shape index (κ3) is 3.32. The van der Waals surface area contributed by atoms with Gasteiger partial charge in [0.05, 0.1) is 12.0 Å². The van der Waals surface area contributed by atoms with Crippen molar-refractivity contribution in [3.05, 3.63) is 0 Å². The molecule has 0 fully saturated rings. The first-order chi connectivity index (χ1) is 9.50. The standard InChI is InChI=1S/C12H18F6O4/c1-5-9(4,6-19)7(20)22-8(2,3)10(21,11(13,14)15)12(16,17)18/h19,21H,5-6H2,1-4H3. The number of esters is 1. The lowest BCUT2D eigenvalue weighted by molar-refractivity contribution is -0.408. The average Bonchev–Trinajstić information content (AvgIpc) is 2.33. The number of aliphatic hydroxyl groups excluding tert-OH is 1. The molecule has 0 amide bonds. The summed E-state index contributed by atoms with van der Waals surface area (Å²) in [6, 6.07) is 0. The Morgan fingerprint density at radius 3 is 1.59 bits per heavy atom. The minimum atomic E-state index is -6.13. The van der Waals surface area contributed by atoms with Crippen LogP contribution in [0.2, 0.25) is 0 Å². The van der Waals surface area contributed by atoms with Crippen LogP contribution in [-0.4, -0.2) is 46.3 Å². The maximum atomic E-state index is 12.8. The summed E-state index contributed by atoms with van der Waals surface area (Å²) in [5, 5.41) is 18.3. The highest BCUT2D eigenvalue weighted by atomic mass is 19.4.